The summed E-state index contributed by atoms with van der Waals surface area (Å²) in [6.07, 6.45) is 14.0. The van der Waals surface area contributed by atoms with E-state index in [1.807, 2.05) is 0 Å². The summed E-state index contributed by atoms with van der Waals surface area (Å²) in [6, 6.07) is 0. The lowest BCUT2D eigenvalue weighted by molar-refractivity contribution is 0.630. The molecule has 0 saturated carbocycles. The maximum atomic E-state index is 2.40. The molecule has 0 saturated heterocycles. The standard InChI is InChI=1S/C16H34S2/c1-5-7-9-11-13-15(3)17-18-16(4)14-12-10-8-6-2/h15-16H,5-14H2,1-4H3/t15-,16-/m0/s1. The van der Waals surface area contributed by atoms with Gasteiger partial charge in [0.25, 0.3) is 0 Å². The maximum absolute atomic E-state index is 2.40. The van der Waals surface area contributed by atoms with Gasteiger partial charge in [-0.1, -0.05) is 101 Å². The minimum absolute atomic E-state index is 0.838. The van der Waals surface area contributed by atoms with Gasteiger partial charge in [0.2, 0.25) is 0 Å². The van der Waals surface area contributed by atoms with Gasteiger partial charge in [-0.2, -0.15) is 0 Å². The van der Waals surface area contributed by atoms with Crippen LogP contribution in [0.3, 0.4) is 0 Å². The van der Waals surface area contributed by atoms with Crippen LogP contribution in [0.5, 0.6) is 0 Å². The number of unbranched alkanes of at least 4 members (excludes halogenated alkanes) is 6. The summed E-state index contributed by atoms with van der Waals surface area (Å²) >= 11 is 0. The van der Waals surface area contributed by atoms with Crippen molar-refractivity contribution in [3.8, 4) is 0 Å². The van der Waals surface area contributed by atoms with Gasteiger partial charge in [0.1, 0.15) is 0 Å². The van der Waals surface area contributed by atoms with E-state index in [4.69, 9.17) is 0 Å². The highest BCUT2D eigenvalue weighted by molar-refractivity contribution is 8.77. The largest absolute Gasteiger partial charge is 0.0907 e. The second kappa shape index (κ2) is 14.1. The van der Waals surface area contributed by atoms with Gasteiger partial charge < -0.3 is 0 Å². The highest BCUT2D eigenvalue weighted by Crippen LogP contribution is 2.35. The lowest BCUT2D eigenvalue weighted by atomic mass is 10.1. The molecule has 0 nitrogen and oxygen atoms in total. The molecule has 18 heavy (non-hydrogen) atoms. The minimum Gasteiger partial charge on any atom is -0.0907 e. The van der Waals surface area contributed by atoms with E-state index in [0.29, 0.717) is 0 Å². The molecule has 0 N–H and O–H groups in total. The number of hydrogen-bond acceptors (Lipinski definition) is 2. The van der Waals surface area contributed by atoms with Gasteiger partial charge in [-0.05, 0) is 12.8 Å². The Labute approximate surface area is 124 Å². The fourth-order valence-corrected chi connectivity index (χ4v) is 4.62. The maximum Gasteiger partial charge on any atom is 0.0123 e. The molecule has 0 bridgehead atoms. The Bertz CT molecular complexity index is 141. The van der Waals surface area contributed by atoms with Crippen LogP contribution in [0.4, 0.5) is 0 Å². The molecule has 0 aromatic carbocycles. The summed E-state index contributed by atoms with van der Waals surface area (Å²) in [7, 11) is 4.25. The first-order valence-electron chi connectivity index (χ1n) is 8.02. The third kappa shape index (κ3) is 13.1. The molecule has 0 unspecified atom stereocenters. The third-order valence-electron chi connectivity index (χ3n) is 3.31. The van der Waals surface area contributed by atoms with E-state index >= 15 is 0 Å². The first-order chi connectivity index (χ1) is 8.70. The van der Waals surface area contributed by atoms with Crippen LogP contribution in [0.1, 0.15) is 91.9 Å². The monoisotopic (exact) mass is 290 g/mol. The average Bonchev–Trinajstić information content (AvgIpc) is 2.37. The van der Waals surface area contributed by atoms with E-state index < -0.39 is 0 Å². The van der Waals surface area contributed by atoms with Gasteiger partial charge in [-0.15, -0.1) is 0 Å². The molecule has 2 atom stereocenters. The van der Waals surface area contributed by atoms with Gasteiger partial charge in [-0.3, -0.25) is 0 Å². The van der Waals surface area contributed by atoms with Crippen molar-refractivity contribution in [2.75, 3.05) is 0 Å². The molecule has 0 aliphatic rings. The molecule has 0 radical (unpaired) electrons. The average molecular weight is 291 g/mol. The van der Waals surface area contributed by atoms with Crippen LogP contribution < -0.4 is 0 Å². The smallest absolute Gasteiger partial charge is 0.0123 e. The molecule has 0 fully saturated rings. The molecular formula is C16H34S2. The topological polar surface area (TPSA) is 0 Å². The Morgan fingerprint density at radius 3 is 1.33 bits per heavy atom. The van der Waals surface area contributed by atoms with E-state index in [1.165, 1.54) is 64.2 Å². The van der Waals surface area contributed by atoms with Crippen LogP contribution in [-0.4, -0.2) is 10.5 Å². The molecule has 0 aromatic rings. The normalized spacial score (nSPS) is 14.7. The van der Waals surface area contributed by atoms with Gasteiger partial charge in [0.05, 0.1) is 0 Å². The molecule has 0 aromatic heterocycles. The molecular weight excluding hydrogens is 256 g/mol. The summed E-state index contributed by atoms with van der Waals surface area (Å²) in [5.41, 5.74) is 0. The van der Waals surface area contributed by atoms with Crippen LogP contribution >= 0.6 is 21.6 Å². The summed E-state index contributed by atoms with van der Waals surface area (Å²) in [5.74, 6) is 0. The minimum atomic E-state index is 0.838. The fraction of sp³-hybridized carbons (Fsp3) is 1.00. The second-order valence-electron chi connectivity index (χ2n) is 5.51. The van der Waals surface area contributed by atoms with Crippen molar-refractivity contribution >= 4 is 21.6 Å². The van der Waals surface area contributed by atoms with Gasteiger partial charge in [-0.25, -0.2) is 0 Å². The molecule has 0 heterocycles. The molecule has 2 heteroatoms. The zero-order valence-corrected chi connectivity index (χ0v) is 14.7. The van der Waals surface area contributed by atoms with E-state index in [1.54, 1.807) is 0 Å². The molecule has 0 spiro atoms. The van der Waals surface area contributed by atoms with E-state index in [9.17, 15) is 0 Å². The van der Waals surface area contributed by atoms with Crippen LogP contribution in [-0.2, 0) is 0 Å². The Hall–Kier alpha value is 0.700. The van der Waals surface area contributed by atoms with Crippen molar-refractivity contribution in [1.82, 2.24) is 0 Å². The first-order valence-corrected chi connectivity index (χ1v) is 10.3. The van der Waals surface area contributed by atoms with Crippen molar-refractivity contribution in [3.05, 3.63) is 0 Å². The zero-order valence-electron chi connectivity index (χ0n) is 13.0. The summed E-state index contributed by atoms with van der Waals surface area (Å²) in [4.78, 5) is 0. The zero-order chi connectivity index (χ0) is 13.6. The lowest BCUT2D eigenvalue weighted by Crippen LogP contribution is -1.98. The summed E-state index contributed by atoms with van der Waals surface area (Å²) in [6.45, 7) is 9.36. The predicted octanol–water partition coefficient (Wildman–Crippen LogP) is 7.09. The lowest BCUT2D eigenvalue weighted by Gasteiger charge is -2.14. The van der Waals surface area contributed by atoms with Gasteiger partial charge in [0, 0.05) is 10.5 Å². The Balaban J connectivity index is 3.32. The summed E-state index contributed by atoms with van der Waals surface area (Å²) < 4.78 is 0. The van der Waals surface area contributed by atoms with Gasteiger partial charge in [0.15, 0.2) is 0 Å². The summed E-state index contributed by atoms with van der Waals surface area (Å²) in [5, 5.41) is 1.68. The highest BCUT2D eigenvalue weighted by Gasteiger charge is 2.07. The van der Waals surface area contributed by atoms with Crippen LogP contribution in [0.25, 0.3) is 0 Å². The van der Waals surface area contributed by atoms with Gasteiger partial charge >= 0.3 is 0 Å². The van der Waals surface area contributed by atoms with Crippen molar-refractivity contribution in [2.24, 2.45) is 0 Å². The Morgan fingerprint density at radius 1 is 0.611 bits per heavy atom. The van der Waals surface area contributed by atoms with Crippen molar-refractivity contribution in [1.29, 1.82) is 0 Å². The molecule has 110 valence electrons. The Morgan fingerprint density at radius 2 is 1.00 bits per heavy atom. The van der Waals surface area contributed by atoms with Crippen molar-refractivity contribution < 1.29 is 0 Å². The number of rotatable bonds is 13. The molecule has 0 aliphatic heterocycles. The molecule has 0 rings (SSSR count). The SMILES string of the molecule is CCCCCC[C@H](C)SS[C@@H](C)CCCCCC. The van der Waals surface area contributed by atoms with Crippen LogP contribution in [0, 0.1) is 0 Å². The molecule has 0 amide bonds. The number of hydrogen-bond donors (Lipinski definition) is 0. The second-order valence-corrected chi connectivity index (χ2v) is 8.66. The van der Waals surface area contributed by atoms with Crippen molar-refractivity contribution in [3.63, 3.8) is 0 Å². The van der Waals surface area contributed by atoms with E-state index in [-0.39, 0.29) is 0 Å². The van der Waals surface area contributed by atoms with Crippen LogP contribution in [0.15, 0.2) is 0 Å². The quantitative estimate of drug-likeness (QED) is 0.262. The predicted molar refractivity (Wildman–Crippen MR) is 91.6 cm³/mol. The first kappa shape index (κ1) is 18.7. The Kier molecular flexibility index (Phi) is 14.7. The van der Waals surface area contributed by atoms with E-state index in [2.05, 4.69) is 49.3 Å². The fourth-order valence-electron chi connectivity index (χ4n) is 2.00. The van der Waals surface area contributed by atoms with Crippen LogP contribution in [0.2, 0.25) is 0 Å². The van der Waals surface area contributed by atoms with Crippen molar-refractivity contribution in [2.45, 2.75) is 102 Å². The highest BCUT2D eigenvalue weighted by atomic mass is 33.1. The van der Waals surface area contributed by atoms with E-state index in [0.717, 1.165) is 10.5 Å². The molecule has 0 aliphatic carbocycles. The third-order valence-corrected chi connectivity index (χ3v) is 6.86.